The van der Waals surface area contributed by atoms with Crippen molar-refractivity contribution in [2.24, 2.45) is 0 Å². The van der Waals surface area contributed by atoms with Gasteiger partial charge in [-0.25, -0.2) is 12.8 Å². The zero-order valence-electron chi connectivity index (χ0n) is 9.97. The third-order valence-electron chi connectivity index (χ3n) is 3.06. The summed E-state index contributed by atoms with van der Waals surface area (Å²) < 4.78 is 37.1. The Labute approximate surface area is 105 Å². The van der Waals surface area contributed by atoms with Crippen LogP contribution in [-0.4, -0.2) is 37.3 Å². The van der Waals surface area contributed by atoms with E-state index in [4.69, 9.17) is 0 Å². The first kappa shape index (κ1) is 13.2. The van der Waals surface area contributed by atoms with Gasteiger partial charge in [0.1, 0.15) is 5.82 Å². The number of nitrogens with zero attached hydrogens (tertiary/aromatic N) is 1. The van der Waals surface area contributed by atoms with Crippen LogP contribution in [0.25, 0.3) is 0 Å². The molecule has 1 heterocycles. The van der Waals surface area contributed by atoms with Gasteiger partial charge in [0.25, 0.3) is 0 Å². The standard InChI is InChI=1S/C12H14FNO3S/c1-18(16,17)14-8-2-3-11(14)12(15)9-4-6-10(13)7-5-9/h4-7,11H,2-3,8H2,1H3. The van der Waals surface area contributed by atoms with Crippen LogP contribution in [0.5, 0.6) is 0 Å². The quantitative estimate of drug-likeness (QED) is 0.781. The van der Waals surface area contributed by atoms with Crippen molar-refractivity contribution in [3.8, 4) is 0 Å². The Hall–Kier alpha value is -1.27. The van der Waals surface area contributed by atoms with Crippen LogP contribution in [0.3, 0.4) is 0 Å². The SMILES string of the molecule is CS(=O)(=O)N1CCCC1C(=O)c1ccc(F)cc1. The lowest BCUT2D eigenvalue weighted by atomic mass is 10.0. The molecule has 0 N–H and O–H groups in total. The molecule has 98 valence electrons. The molecule has 0 radical (unpaired) electrons. The number of Topliss-reactive ketones (excluding diaryl/α,β-unsaturated/α-hetero) is 1. The van der Waals surface area contributed by atoms with E-state index in [2.05, 4.69) is 0 Å². The average Bonchev–Trinajstić information content (AvgIpc) is 2.77. The smallest absolute Gasteiger partial charge is 0.211 e. The lowest BCUT2D eigenvalue weighted by molar-refractivity contribution is 0.0918. The van der Waals surface area contributed by atoms with Gasteiger partial charge in [-0.15, -0.1) is 0 Å². The van der Waals surface area contributed by atoms with Crippen molar-refractivity contribution < 1.29 is 17.6 Å². The van der Waals surface area contributed by atoms with E-state index in [0.717, 1.165) is 6.26 Å². The molecule has 1 aliphatic rings. The second kappa shape index (κ2) is 4.78. The van der Waals surface area contributed by atoms with E-state index >= 15 is 0 Å². The molecule has 18 heavy (non-hydrogen) atoms. The molecule has 0 aliphatic carbocycles. The topological polar surface area (TPSA) is 54.5 Å². The molecule has 0 spiro atoms. The number of hydrogen-bond donors (Lipinski definition) is 0. The predicted octanol–water partition coefficient (Wildman–Crippen LogP) is 1.43. The van der Waals surface area contributed by atoms with Crippen LogP contribution < -0.4 is 0 Å². The number of carbonyl (C=O) groups is 1. The van der Waals surface area contributed by atoms with Gasteiger partial charge in [0.2, 0.25) is 10.0 Å². The summed E-state index contributed by atoms with van der Waals surface area (Å²) in [6.45, 7) is 0.371. The maximum Gasteiger partial charge on any atom is 0.211 e. The first-order valence-electron chi connectivity index (χ1n) is 5.66. The summed E-state index contributed by atoms with van der Waals surface area (Å²) in [5, 5.41) is 0. The highest BCUT2D eigenvalue weighted by Crippen LogP contribution is 2.23. The van der Waals surface area contributed by atoms with Crippen LogP contribution in [0.15, 0.2) is 24.3 Å². The van der Waals surface area contributed by atoms with Gasteiger partial charge in [0.05, 0.1) is 12.3 Å². The fourth-order valence-electron chi connectivity index (χ4n) is 2.21. The Morgan fingerprint density at radius 1 is 1.33 bits per heavy atom. The molecule has 1 saturated heterocycles. The minimum Gasteiger partial charge on any atom is -0.292 e. The molecule has 1 aliphatic heterocycles. The van der Waals surface area contributed by atoms with Crippen molar-refractivity contribution in [2.45, 2.75) is 18.9 Å². The van der Waals surface area contributed by atoms with Gasteiger partial charge in [0.15, 0.2) is 5.78 Å². The zero-order chi connectivity index (χ0) is 13.3. The Kier molecular flexibility index (Phi) is 3.49. The van der Waals surface area contributed by atoms with Gasteiger partial charge < -0.3 is 0 Å². The molecule has 0 saturated carbocycles. The monoisotopic (exact) mass is 271 g/mol. The molecular formula is C12H14FNO3S. The summed E-state index contributed by atoms with van der Waals surface area (Å²) in [4.78, 5) is 12.2. The van der Waals surface area contributed by atoms with E-state index in [1.165, 1.54) is 28.6 Å². The fraction of sp³-hybridized carbons (Fsp3) is 0.417. The third kappa shape index (κ3) is 2.59. The fourth-order valence-corrected chi connectivity index (χ4v) is 3.33. The molecule has 1 aromatic rings. The minimum atomic E-state index is -3.37. The maximum atomic E-state index is 12.8. The van der Waals surface area contributed by atoms with Crippen molar-refractivity contribution in [1.29, 1.82) is 0 Å². The van der Waals surface area contributed by atoms with E-state index in [9.17, 15) is 17.6 Å². The minimum absolute atomic E-state index is 0.266. The Balaban J connectivity index is 2.26. The first-order valence-corrected chi connectivity index (χ1v) is 7.51. The van der Waals surface area contributed by atoms with Gasteiger partial charge in [-0.2, -0.15) is 4.31 Å². The number of hydrogen-bond acceptors (Lipinski definition) is 3. The van der Waals surface area contributed by atoms with E-state index in [1.54, 1.807) is 0 Å². The number of carbonyl (C=O) groups excluding carboxylic acids is 1. The molecule has 2 rings (SSSR count). The number of rotatable bonds is 3. The number of sulfonamides is 1. The van der Waals surface area contributed by atoms with Crippen molar-refractivity contribution in [2.75, 3.05) is 12.8 Å². The third-order valence-corrected chi connectivity index (χ3v) is 4.35. The normalized spacial score (nSPS) is 21.1. The molecule has 0 amide bonds. The van der Waals surface area contributed by atoms with Gasteiger partial charge in [-0.3, -0.25) is 4.79 Å². The van der Waals surface area contributed by atoms with Gasteiger partial charge >= 0.3 is 0 Å². The summed E-state index contributed by atoms with van der Waals surface area (Å²) >= 11 is 0. The second-order valence-electron chi connectivity index (χ2n) is 4.40. The zero-order valence-corrected chi connectivity index (χ0v) is 10.8. The highest BCUT2D eigenvalue weighted by atomic mass is 32.2. The molecular weight excluding hydrogens is 257 g/mol. The number of benzene rings is 1. The molecule has 6 heteroatoms. The van der Waals surface area contributed by atoms with Crippen LogP contribution in [-0.2, 0) is 10.0 Å². The molecule has 1 fully saturated rings. The molecule has 1 aromatic carbocycles. The van der Waals surface area contributed by atoms with Crippen LogP contribution in [0.1, 0.15) is 23.2 Å². The van der Waals surface area contributed by atoms with Crippen molar-refractivity contribution in [3.63, 3.8) is 0 Å². The van der Waals surface area contributed by atoms with Crippen molar-refractivity contribution >= 4 is 15.8 Å². The molecule has 0 aromatic heterocycles. The van der Waals surface area contributed by atoms with E-state index in [1.807, 2.05) is 0 Å². The van der Waals surface area contributed by atoms with Gasteiger partial charge in [-0.1, -0.05) is 0 Å². The molecule has 1 atom stereocenters. The second-order valence-corrected chi connectivity index (χ2v) is 6.34. The largest absolute Gasteiger partial charge is 0.292 e. The summed E-state index contributed by atoms with van der Waals surface area (Å²) in [5.74, 6) is -0.684. The lowest BCUT2D eigenvalue weighted by Crippen LogP contribution is -2.39. The summed E-state index contributed by atoms with van der Waals surface area (Å²) in [6.07, 6.45) is 2.29. The Morgan fingerprint density at radius 3 is 2.50 bits per heavy atom. The van der Waals surface area contributed by atoms with Gasteiger partial charge in [0, 0.05) is 12.1 Å². The van der Waals surface area contributed by atoms with E-state index in [0.29, 0.717) is 24.9 Å². The summed E-state index contributed by atoms with van der Waals surface area (Å²) in [6, 6.07) is 4.53. The maximum absolute atomic E-state index is 12.8. The highest BCUT2D eigenvalue weighted by Gasteiger charge is 2.36. The van der Waals surface area contributed by atoms with Gasteiger partial charge in [-0.05, 0) is 37.1 Å². The number of halogens is 1. The highest BCUT2D eigenvalue weighted by molar-refractivity contribution is 7.88. The first-order chi connectivity index (χ1) is 8.39. The van der Waals surface area contributed by atoms with Crippen molar-refractivity contribution in [3.05, 3.63) is 35.6 Å². The molecule has 0 bridgehead atoms. The van der Waals surface area contributed by atoms with Crippen LogP contribution in [0, 0.1) is 5.82 Å². The summed E-state index contributed by atoms with van der Waals surface area (Å²) in [5.41, 5.74) is 0.344. The average molecular weight is 271 g/mol. The summed E-state index contributed by atoms with van der Waals surface area (Å²) in [7, 11) is -3.37. The lowest BCUT2D eigenvalue weighted by Gasteiger charge is -2.20. The number of ketones is 1. The van der Waals surface area contributed by atoms with Crippen LogP contribution in [0.4, 0.5) is 4.39 Å². The molecule has 4 nitrogen and oxygen atoms in total. The Morgan fingerprint density at radius 2 is 1.94 bits per heavy atom. The molecule has 1 unspecified atom stereocenters. The van der Waals surface area contributed by atoms with Crippen LogP contribution in [0.2, 0.25) is 0 Å². The van der Waals surface area contributed by atoms with Crippen LogP contribution >= 0.6 is 0 Å². The van der Waals surface area contributed by atoms with E-state index < -0.39 is 21.9 Å². The van der Waals surface area contributed by atoms with E-state index in [-0.39, 0.29) is 5.78 Å². The van der Waals surface area contributed by atoms with Crippen molar-refractivity contribution in [1.82, 2.24) is 4.31 Å². The predicted molar refractivity (Wildman–Crippen MR) is 65.3 cm³/mol. The Bertz CT molecular complexity index is 553.